The van der Waals surface area contributed by atoms with E-state index in [0.29, 0.717) is 19.6 Å². The van der Waals surface area contributed by atoms with Gasteiger partial charge in [0.25, 0.3) is 0 Å². The molecule has 0 unspecified atom stereocenters. The lowest BCUT2D eigenvalue weighted by atomic mass is 10.2. The molecule has 21 heavy (non-hydrogen) atoms. The average Bonchev–Trinajstić information content (AvgIpc) is 2.99. The van der Waals surface area contributed by atoms with Crippen LogP contribution in [0, 0.1) is 0 Å². The molecular formula is C14H17N3O2S2. The number of amides is 1. The monoisotopic (exact) mass is 323 g/mol. The molecule has 1 amide bonds. The summed E-state index contributed by atoms with van der Waals surface area (Å²) in [5, 5.41) is 10.7. The predicted octanol–water partition coefficient (Wildman–Crippen LogP) is 3.44. The van der Waals surface area contributed by atoms with E-state index in [4.69, 9.17) is 4.74 Å². The maximum absolute atomic E-state index is 11.7. The first-order valence-electron chi connectivity index (χ1n) is 6.69. The van der Waals surface area contributed by atoms with Gasteiger partial charge in [0.1, 0.15) is 5.51 Å². The minimum Gasteiger partial charge on any atom is -0.382 e. The Morgan fingerprint density at radius 1 is 1.38 bits per heavy atom. The molecule has 0 radical (unpaired) electrons. The molecule has 7 heteroatoms. The highest BCUT2D eigenvalue weighted by Gasteiger charge is 2.04. The number of hydrogen-bond donors (Lipinski definition) is 1. The lowest BCUT2D eigenvalue weighted by Gasteiger charge is -2.06. The molecule has 1 aromatic heterocycles. The lowest BCUT2D eigenvalue weighted by Crippen LogP contribution is -2.12. The summed E-state index contributed by atoms with van der Waals surface area (Å²) in [5.41, 5.74) is 2.51. The highest BCUT2D eigenvalue weighted by Crippen LogP contribution is 2.29. The first-order valence-corrected chi connectivity index (χ1v) is 8.39. The summed E-state index contributed by atoms with van der Waals surface area (Å²) in [4.78, 5) is 12.8. The first kappa shape index (κ1) is 15.9. The number of carbonyl (C=O) groups is 1. The van der Waals surface area contributed by atoms with Crippen LogP contribution in [0.2, 0.25) is 0 Å². The number of carbonyl (C=O) groups excluding carboxylic acids is 1. The second kappa shape index (κ2) is 8.76. The van der Waals surface area contributed by atoms with E-state index in [1.807, 2.05) is 31.2 Å². The van der Waals surface area contributed by atoms with Gasteiger partial charge in [0.2, 0.25) is 5.91 Å². The maximum Gasteiger partial charge on any atom is 0.224 e. The van der Waals surface area contributed by atoms with Crippen molar-refractivity contribution < 1.29 is 9.53 Å². The largest absolute Gasteiger partial charge is 0.382 e. The van der Waals surface area contributed by atoms with Gasteiger partial charge in [0.15, 0.2) is 4.34 Å². The van der Waals surface area contributed by atoms with Crippen molar-refractivity contribution >= 4 is 34.7 Å². The number of ether oxygens (including phenoxy) is 1. The fraction of sp³-hybridized carbons (Fsp3) is 0.357. The fourth-order valence-electron chi connectivity index (χ4n) is 1.62. The average molecular weight is 323 g/mol. The fourth-order valence-corrected chi connectivity index (χ4v) is 3.07. The standard InChI is InChI=1S/C14H17N3O2S2/c1-2-19-9-3-4-13(18)16-11-5-7-12(8-6-11)21-14-17-15-10-20-14/h5-8,10H,2-4,9H2,1H3,(H,16,18). The number of aromatic nitrogens is 2. The van der Waals surface area contributed by atoms with Gasteiger partial charge in [0.05, 0.1) is 0 Å². The van der Waals surface area contributed by atoms with Crippen molar-refractivity contribution in [3.8, 4) is 0 Å². The molecule has 2 aromatic rings. The maximum atomic E-state index is 11.7. The Balaban J connectivity index is 1.78. The van der Waals surface area contributed by atoms with Gasteiger partial charge >= 0.3 is 0 Å². The normalized spacial score (nSPS) is 10.5. The quantitative estimate of drug-likeness (QED) is 0.754. The number of rotatable bonds is 8. The number of anilines is 1. The van der Waals surface area contributed by atoms with Gasteiger partial charge in [-0.1, -0.05) is 23.1 Å². The minimum absolute atomic E-state index is 0.0132. The minimum atomic E-state index is 0.0132. The second-order valence-corrected chi connectivity index (χ2v) is 6.33. The summed E-state index contributed by atoms with van der Waals surface area (Å²) in [5.74, 6) is 0.0132. The van der Waals surface area contributed by atoms with Crippen LogP contribution in [0.3, 0.4) is 0 Å². The van der Waals surface area contributed by atoms with Crippen LogP contribution in [-0.2, 0) is 9.53 Å². The topological polar surface area (TPSA) is 64.1 Å². The summed E-state index contributed by atoms with van der Waals surface area (Å²) in [7, 11) is 0. The second-order valence-electron chi connectivity index (χ2n) is 4.18. The smallest absolute Gasteiger partial charge is 0.224 e. The molecule has 2 rings (SSSR count). The van der Waals surface area contributed by atoms with Crippen molar-refractivity contribution in [1.29, 1.82) is 0 Å². The van der Waals surface area contributed by atoms with Crippen LogP contribution < -0.4 is 5.32 Å². The Morgan fingerprint density at radius 3 is 2.86 bits per heavy atom. The van der Waals surface area contributed by atoms with E-state index < -0.39 is 0 Å². The third-order valence-corrected chi connectivity index (χ3v) is 4.37. The van der Waals surface area contributed by atoms with Gasteiger partial charge in [-0.3, -0.25) is 4.79 Å². The van der Waals surface area contributed by atoms with Crippen LogP contribution in [0.5, 0.6) is 0 Å². The summed E-state index contributed by atoms with van der Waals surface area (Å²) < 4.78 is 6.11. The van der Waals surface area contributed by atoms with Crippen LogP contribution in [0.1, 0.15) is 19.8 Å². The van der Waals surface area contributed by atoms with Crippen LogP contribution in [0.15, 0.2) is 39.0 Å². The van der Waals surface area contributed by atoms with Crippen LogP contribution in [0.25, 0.3) is 0 Å². The van der Waals surface area contributed by atoms with E-state index in [1.54, 1.807) is 17.3 Å². The van der Waals surface area contributed by atoms with E-state index in [1.165, 1.54) is 11.3 Å². The van der Waals surface area contributed by atoms with E-state index in [9.17, 15) is 4.79 Å². The molecule has 112 valence electrons. The molecule has 0 aliphatic heterocycles. The Kier molecular flexibility index (Phi) is 6.65. The molecule has 0 saturated heterocycles. The molecule has 0 atom stereocenters. The predicted molar refractivity (Wildman–Crippen MR) is 84.8 cm³/mol. The van der Waals surface area contributed by atoms with Gasteiger partial charge in [-0.05, 0) is 37.6 Å². The summed E-state index contributed by atoms with van der Waals surface area (Å²) in [6.45, 7) is 3.26. The highest BCUT2D eigenvalue weighted by atomic mass is 32.2. The third-order valence-electron chi connectivity index (χ3n) is 2.58. The van der Waals surface area contributed by atoms with Gasteiger partial charge in [-0.25, -0.2) is 0 Å². The Labute approximate surface area is 132 Å². The van der Waals surface area contributed by atoms with Crippen molar-refractivity contribution in [3.05, 3.63) is 29.8 Å². The van der Waals surface area contributed by atoms with Crippen LogP contribution in [-0.4, -0.2) is 29.3 Å². The highest BCUT2D eigenvalue weighted by molar-refractivity contribution is 8.01. The molecule has 0 saturated carbocycles. The van der Waals surface area contributed by atoms with Gasteiger partial charge in [-0.15, -0.1) is 10.2 Å². The molecule has 5 nitrogen and oxygen atoms in total. The van der Waals surface area contributed by atoms with Gasteiger partial charge in [0, 0.05) is 30.2 Å². The molecule has 1 heterocycles. The van der Waals surface area contributed by atoms with E-state index in [2.05, 4.69) is 15.5 Å². The Morgan fingerprint density at radius 2 is 2.19 bits per heavy atom. The summed E-state index contributed by atoms with van der Waals surface area (Å²) >= 11 is 3.06. The Bertz CT molecular complexity index is 544. The molecule has 0 aliphatic carbocycles. The molecule has 0 bridgehead atoms. The molecule has 1 N–H and O–H groups in total. The van der Waals surface area contributed by atoms with Crippen molar-refractivity contribution in [1.82, 2.24) is 10.2 Å². The molecule has 0 spiro atoms. The zero-order valence-electron chi connectivity index (χ0n) is 11.7. The van der Waals surface area contributed by atoms with E-state index >= 15 is 0 Å². The number of hydrogen-bond acceptors (Lipinski definition) is 6. The number of benzene rings is 1. The van der Waals surface area contributed by atoms with E-state index in [-0.39, 0.29) is 5.91 Å². The van der Waals surface area contributed by atoms with Crippen molar-refractivity contribution in [3.63, 3.8) is 0 Å². The van der Waals surface area contributed by atoms with E-state index in [0.717, 1.165) is 21.3 Å². The van der Waals surface area contributed by atoms with Crippen LogP contribution >= 0.6 is 23.1 Å². The zero-order valence-corrected chi connectivity index (χ0v) is 13.4. The first-order chi connectivity index (χ1) is 10.3. The van der Waals surface area contributed by atoms with Gasteiger partial charge in [-0.2, -0.15) is 0 Å². The summed E-state index contributed by atoms with van der Waals surface area (Å²) in [6, 6.07) is 7.71. The summed E-state index contributed by atoms with van der Waals surface area (Å²) in [6.07, 6.45) is 1.21. The third kappa shape index (κ3) is 5.82. The van der Waals surface area contributed by atoms with Crippen molar-refractivity contribution in [2.75, 3.05) is 18.5 Å². The number of nitrogens with one attached hydrogen (secondary N) is 1. The molecule has 0 aliphatic rings. The zero-order chi connectivity index (χ0) is 14.9. The lowest BCUT2D eigenvalue weighted by molar-refractivity contribution is -0.116. The van der Waals surface area contributed by atoms with Crippen molar-refractivity contribution in [2.24, 2.45) is 0 Å². The number of nitrogens with zero attached hydrogens (tertiary/aromatic N) is 2. The molecule has 1 aromatic carbocycles. The molecule has 0 fully saturated rings. The Hall–Kier alpha value is -1.44. The van der Waals surface area contributed by atoms with Crippen molar-refractivity contribution in [2.45, 2.75) is 29.0 Å². The van der Waals surface area contributed by atoms with Gasteiger partial charge < -0.3 is 10.1 Å². The SMILES string of the molecule is CCOCCCC(=O)Nc1ccc(Sc2nncs2)cc1. The molecular weight excluding hydrogens is 306 g/mol. The van der Waals surface area contributed by atoms with Crippen LogP contribution in [0.4, 0.5) is 5.69 Å².